The molecule has 1 aliphatic heterocycles. The molecule has 1 heterocycles. The Balaban J connectivity index is 2.57. The summed E-state index contributed by atoms with van der Waals surface area (Å²) in [5, 5.41) is 0. The van der Waals surface area contributed by atoms with Crippen molar-refractivity contribution in [3.05, 3.63) is 0 Å². The number of hydrogen-bond donors (Lipinski definition) is 1. The van der Waals surface area contributed by atoms with Crippen molar-refractivity contribution in [3.63, 3.8) is 0 Å². The predicted octanol–water partition coefficient (Wildman–Crippen LogP) is 0.0911. The van der Waals surface area contributed by atoms with Gasteiger partial charge in [0.25, 0.3) is 0 Å². The van der Waals surface area contributed by atoms with Crippen molar-refractivity contribution >= 4 is 6.03 Å². The smallest absolute Gasteiger partial charge is 0.320 e. The van der Waals surface area contributed by atoms with Crippen molar-refractivity contribution < 1.29 is 4.79 Å². The molecule has 4 heteroatoms. The van der Waals surface area contributed by atoms with Crippen molar-refractivity contribution in [2.45, 2.75) is 19.4 Å². The highest BCUT2D eigenvalue weighted by Gasteiger charge is 2.25. The molecule has 12 heavy (non-hydrogen) atoms. The Morgan fingerprint density at radius 1 is 1.58 bits per heavy atom. The van der Waals surface area contributed by atoms with Crippen LogP contribution in [0.25, 0.3) is 0 Å². The molecule has 0 aromatic heterocycles. The average molecular weight is 171 g/mol. The largest absolute Gasteiger partial charge is 0.328 e. The Labute approximate surface area is 73.3 Å². The minimum absolute atomic E-state index is 0.110. The van der Waals surface area contributed by atoms with Crippen LogP contribution >= 0.6 is 0 Å². The first-order valence-corrected chi connectivity index (χ1v) is 4.38. The highest BCUT2D eigenvalue weighted by Crippen LogP contribution is 2.09. The quantitative estimate of drug-likeness (QED) is 0.640. The van der Waals surface area contributed by atoms with Crippen molar-refractivity contribution in [1.29, 1.82) is 0 Å². The molecule has 1 rings (SSSR count). The monoisotopic (exact) mass is 171 g/mol. The molecule has 0 aromatic carbocycles. The zero-order valence-electron chi connectivity index (χ0n) is 7.79. The van der Waals surface area contributed by atoms with E-state index in [-0.39, 0.29) is 12.1 Å². The van der Waals surface area contributed by atoms with E-state index in [0.717, 1.165) is 19.5 Å². The molecule has 1 atom stereocenters. The van der Waals surface area contributed by atoms with Crippen molar-refractivity contribution in [1.82, 2.24) is 9.80 Å². The van der Waals surface area contributed by atoms with Gasteiger partial charge in [0.05, 0.1) is 0 Å². The fraction of sp³-hybridized carbons (Fsp3) is 0.875. The third-order valence-corrected chi connectivity index (χ3v) is 2.34. The van der Waals surface area contributed by atoms with Crippen LogP contribution in [0, 0.1) is 0 Å². The lowest BCUT2D eigenvalue weighted by Crippen LogP contribution is -2.52. The number of nitrogens with two attached hydrogens (primary N) is 1. The van der Waals surface area contributed by atoms with Gasteiger partial charge in [-0.3, -0.25) is 0 Å². The van der Waals surface area contributed by atoms with Crippen molar-refractivity contribution in [2.24, 2.45) is 5.73 Å². The summed E-state index contributed by atoms with van der Waals surface area (Å²) in [6, 6.07) is 0.277. The molecule has 1 unspecified atom stereocenters. The lowest BCUT2D eigenvalue weighted by Gasteiger charge is -2.36. The molecule has 0 radical (unpaired) electrons. The van der Waals surface area contributed by atoms with E-state index < -0.39 is 0 Å². The standard InChI is InChI=1S/C8H17N3O/c1-7(6-9)11-5-3-4-10(2)8(11)12/h7H,3-6,9H2,1-2H3. The van der Waals surface area contributed by atoms with Crippen molar-refractivity contribution in [3.8, 4) is 0 Å². The Hall–Kier alpha value is -0.770. The molecule has 0 spiro atoms. The van der Waals surface area contributed by atoms with Gasteiger partial charge >= 0.3 is 6.03 Å². The Morgan fingerprint density at radius 3 is 2.83 bits per heavy atom. The number of carbonyl (C=O) groups is 1. The Bertz CT molecular complexity index is 172. The van der Waals surface area contributed by atoms with E-state index in [1.54, 1.807) is 4.90 Å². The number of urea groups is 1. The van der Waals surface area contributed by atoms with Gasteiger partial charge in [-0.2, -0.15) is 0 Å². The first kappa shape index (κ1) is 9.32. The van der Waals surface area contributed by atoms with Gasteiger partial charge in [0.1, 0.15) is 0 Å². The highest BCUT2D eigenvalue weighted by atomic mass is 16.2. The van der Waals surface area contributed by atoms with E-state index in [2.05, 4.69) is 0 Å². The van der Waals surface area contributed by atoms with Crippen LogP contribution in [0.2, 0.25) is 0 Å². The minimum Gasteiger partial charge on any atom is -0.328 e. The third-order valence-electron chi connectivity index (χ3n) is 2.34. The second-order valence-electron chi connectivity index (χ2n) is 3.34. The predicted molar refractivity (Wildman–Crippen MR) is 47.9 cm³/mol. The molecule has 2 amide bonds. The van der Waals surface area contributed by atoms with Gasteiger partial charge in [-0.1, -0.05) is 0 Å². The zero-order valence-corrected chi connectivity index (χ0v) is 7.79. The Kier molecular flexibility index (Phi) is 2.92. The molecule has 1 fully saturated rings. The molecule has 1 aliphatic rings. The topological polar surface area (TPSA) is 49.6 Å². The molecule has 0 saturated carbocycles. The van der Waals surface area contributed by atoms with E-state index in [1.807, 2.05) is 18.9 Å². The van der Waals surface area contributed by atoms with Crippen LogP contribution in [0.15, 0.2) is 0 Å². The maximum absolute atomic E-state index is 11.5. The van der Waals surface area contributed by atoms with Gasteiger partial charge in [0, 0.05) is 32.7 Å². The first-order chi connectivity index (χ1) is 5.66. The summed E-state index contributed by atoms with van der Waals surface area (Å²) in [5.41, 5.74) is 5.50. The number of rotatable bonds is 2. The number of amides is 2. The van der Waals surface area contributed by atoms with Crippen LogP contribution in [-0.4, -0.2) is 48.6 Å². The van der Waals surface area contributed by atoms with E-state index >= 15 is 0 Å². The molecule has 0 bridgehead atoms. The number of nitrogens with zero attached hydrogens (tertiary/aromatic N) is 2. The molecule has 2 N–H and O–H groups in total. The number of hydrogen-bond acceptors (Lipinski definition) is 2. The average Bonchev–Trinajstić information content (AvgIpc) is 2.08. The van der Waals surface area contributed by atoms with E-state index in [0.29, 0.717) is 6.54 Å². The summed E-state index contributed by atoms with van der Waals surface area (Å²) in [6.45, 7) is 4.24. The van der Waals surface area contributed by atoms with Crippen LogP contribution in [0.3, 0.4) is 0 Å². The van der Waals surface area contributed by atoms with Crippen LogP contribution in [0.4, 0.5) is 4.79 Å². The van der Waals surface area contributed by atoms with Crippen LogP contribution in [-0.2, 0) is 0 Å². The molecule has 4 nitrogen and oxygen atoms in total. The van der Waals surface area contributed by atoms with Crippen LogP contribution in [0.1, 0.15) is 13.3 Å². The highest BCUT2D eigenvalue weighted by molar-refractivity contribution is 5.75. The third kappa shape index (κ3) is 1.69. The van der Waals surface area contributed by atoms with Crippen LogP contribution in [0.5, 0.6) is 0 Å². The number of carbonyl (C=O) groups excluding carboxylic acids is 1. The lowest BCUT2D eigenvalue weighted by molar-refractivity contribution is 0.124. The molecular weight excluding hydrogens is 154 g/mol. The van der Waals surface area contributed by atoms with Gasteiger partial charge in [0.15, 0.2) is 0 Å². The van der Waals surface area contributed by atoms with Gasteiger partial charge in [-0.15, -0.1) is 0 Å². The fourth-order valence-electron chi connectivity index (χ4n) is 1.42. The van der Waals surface area contributed by atoms with Gasteiger partial charge in [-0.25, -0.2) is 4.79 Å². The summed E-state index contributed by atoms with van der Waals surface area (Å²) in [5.74, 6) is 0. The maximum atomic E-state index is 11.5. The lowest BCUT2D eigenvalue weighted by atomic mass is 10.2. The first-order valence-electron chi connectivity index (χ1n) is 4.38. The second kappa shape index (κ2) is 3.76. The van der Waals surface area contributed by atoms with Gasteiger partial charge in [0.2, 0.25) is 0 Å². The second-order valence-corrected chi connectivity index (χ2v) is 3.34. The molecule has 70 valence electrons. The van der Waals surface area contributed by atoms with Gasteiger partial charge in [-0.05, 0) is 13.3 Å². The summed E-state index contributed by atoms with van der Waals surface area (Å²) in [4.78, 5) is 15.1. The summed E-state index contributed by atoms with van der Waals surface area (Å²) >= 11 is 0. The summed E-state index contributed by atoms with van der Waals surface area (Å²) < 4.78 is 0. The Morgan fingerprint density at radius 2 is 2.25 bits per heavy atom. The maximum Gasteiger partial charge on any atom is 0.320 e. The zero-order chi connectivity index (χ0) is 9.14. The minimum atomic E-state index is 0.110. The van der Waals surface area contributed by atoms with Crippen LogP contribution < -0.4 is 5.73 Å². The summed E-state index contributed by atoms with van der Waals surface area (Å²) in [7, 11) is 1.83. The molecule has 1 saturated heterocycles. The molecule has 0 aromatic rings. The van der Waals surface area contributed by atoms with Gasteiger partial charge < -0.3 is 15.5 Å². The molecular formula is C8H17N3O. The van der Waals surface area contributed by atoms with E-state index in [9.17, 15) is 4.79 Å². The summed E-state index contributed by atoms with van der Waals surface area (Å²) in [6.07, 6.45) is 1.05. The normalized spacial score (nSPS) is 21.4. The SMILES string of the molecule is CC(CN)N1CCCN(C)C1=O. The van der Waals surface area contributed by atoms with Crippen molar-refractivity contribution in [2.75, 3.05) is 26.7 Å². The fourth-order valence-corrected chi connectivity index (χ4v) is 1.42. The molecule has 0 aliphatic carbocycles. The van der Waals surface area contributed by atoms with E-state index in [1.165, 1.54) is 0 Å². The van der Waals surface area contributed by atoms with E-state index in [4.69, 9.17) is 5.73 Å².